The van der Waals surface area contributed by atoms with Crippen LogP contribution >= 0.6 is 0 Å². The summed E-state index contributed by atoms with van der Waals surface area (Å²) in [6, 6.07) is 15.4. The fourth-order valence-corrected chi connectivity index (χ4v) is 10.7. The summed E-state index contributed by atoms with van der Waals surface area (Å²) in [5, 5.41) is 12.3. The highest BCUT2D eigenvalue weighted by Gasteiger charge is 2.15. The molecule has 0 bridgehead atoms. The van der Waals surface area contributed by atoms with Crippen LogP contribution in [0.2, 0.25) is 0 Å². The number of nitrogens with zero attached hydrogens (tertiary/aromatic N) is 6. The van der Waals surface area contributed by atoms with E-state index >= 15 is 0 Å². The van der Waals surface area contributed by atoms with Gasteiger partial charge in [0.1, 0.15) is 37.8 Å². The standard InChI is InChI=1S/C66H102N12O6/c1-3-5-7-9-11-13-15-17-19-21-23-25-27-29-31-33-41-69-65-73-61-59(63(81)75-65)71-51-77(61)49-57(79)67-43-45-83-55-39-35-37-53(47-55)54-38-36-40-56(48-54)84-46-44-68-58(80)50-78-52-72-60-62(78)74-66(76-64(60)82)70-42-34-32-30-28-26-24-22-20-18-16-14-12-10-8-6-4-2/h35-40,47-48,51-52H,3-34,41-46,49-50H2,1-2H3,(H,67,79)(H,68,80)(H2,69,73,75,81)(H2,70,74,76,82). The van der Waals surface area contributed by atoms with Crippen LogP contribution < -0.4 is 41.9 Å². The van der Waals surface area contributed by atoms with Crippen molar-refractivity contribution in [2.24, 2.45) is 0 Å². The summed E-state index contributed by atoms with van der Waals surface area (Å²) in [4.78, 5) is 74.9. The van der Waals surface area contributed by atoms with E-state index in [9.17, 15) is 19.2 Å². The van der Waals surface area contributed by atoms with E-state index < -0.39 is 0 Å². The Kier molecular flexibility index (Phi) is 32.0. The van der Waals surface area contributed by atoms with Gasteiger partial charge < -0.3 is 39.9 Å². The lowest BCUT2D eigenvalue weighted by Gasteiger charge is -2.12. The number of nitrogens with one attached hydrogen (secondary N) is 6. The van der Waals surface area contributed by atoms with Gasteiger partial charge in [0.15, 0.2) is 22.3 Å². The van der Waals surface area contributed by atoms with Crippen LogP contribution in [0.1, 0.15) is 219 Å². The molecular weight excluding hydrogens is 1060 g/mol. The third-order valence-electron chi connectivity index (χ3n) is 15.6. The molecular formula is C66H102N12O6. The van der Waals surface area contributed by atoms with E-state index in [1.165, 1.54) is 192 Å². The lowest BCUT2D eigenvalue weighted by Crippen LogP contribution is -2.31. The van der Waals surface area contributed by atoms with E-state index in [0.717, 1.165) is 36.8 Å². The number of unbranched alkanes of at least 4 members (excludes halogenated alkanes) is 30. The van der Waals surface area contributed by atoms with Gasteiger partial charge in [0, 0.05) is 13.1 Å². The van der Waals surface area contributed by atoms with Crippen molar-refractivity contribution >= 4 is 46.0 Å². The molecule has 462 valence electrons. The van der Waals surface area contributed by atoms with Crippen molar-refractivity contribution in [3.05, 3.63) is 81.9 Å². The molecule has 2 aromatic carbocycles. The highest BCUT2D eigenvalue weighted by molar-refractivity contribution is 5.79. The SMILES string of the molecule is CCCCCCCCCCCCCCCCCCNc1nc2c(ncn2CC(=O)NCCOc2cccc(-c3cccc(OCCNC(=O)Cn4cnc5c(=O)[nH]c(NCCCCCCCCCCCCCCCCCC)nc54)c3)c2)c(=O)[nH]1. The molecule has 6 aromatic rings. The topological polar surface area (TPSA) is 228 Å². The van der Waals surface area contributed by atoms with Crippen molar-refractivity contribution in [3.63, 3.8) is 0 Å². The van der Waals surface area contributed by atoms with Gasteiger partial charge in [0.25, 0.3) is 11.1 Å². The van der Waals surface area contributed by atoms with Crippen LogP contribution in [0.15, 0.2) is 70.8 Å². The maximum Gasteiger partial charge on any atom is 0.280 e. The molecule has 84 heavy (non-hydrogen) atoms. The first-order valence-corrected chi connectivity index (χ1v) is 32.7. The number of hydrogen-bond donors (Lipinski definition) is 6. The average Bonchev–Trinajstić information content (AvgIpc) is 4.26. The van der Waals surface area contributed by atoms with E-state index in [1.807, 2.05) is 48.5 Å². The number of aromatic amines is 2. The summed E-state index contributed by atoms with van der Waals surface area (Å²) in [7, 11) is 0. The Bertz CT molecular complexity index is 2700. The minimum Gasteiger partial charge on any atom is -0.492 e. The molecule has 4 aromatic heterocycles. The number of benzene rings is 2. The van der Waals surface area contributed by atoms with E-state index in [-0.39, 0.29) is 73.4 Å². The maximum absolute atomic E-state index is 13.0. The van der Waals surface area contributed by atoms with Crippen LogP contribution in [0.4, 0.5) is 11.9 Å². The molecule has 0 spiro atoms. The average molecular weight is 1160 g/mol. The number of fused-ring (bicyclic) bond motifs is 2. The number of carbonyl (C=O) groups is 2. The lowest BCUT2D eigenvalue weighted by molar-refractivity contribution is -0.122. The molecule has 2 amide bonds. The molecule has 0 radical (unpaired) electrons. The van der Waals surface area contributed by atoms with Gasteiger partial charge in [-0.15, -0.1) is 0 Å². The Labute approximate surface area is 499 Å². The van der Waals surface area contributed by atoms with Crippen molar-refractivity contribution in [1.82, 2.24) is 49.7 Å². The molecule has 0 aliphatic carbocycles. The van der Waals surface area contributed by atoms with Gasteiger partial charge >= 0.3 is 0 Å². The molecule has 6 N–H and O–H groups in total. The molecule has 0 saturated carbocycles. The first-order valence-electron chi connectivity index (χ1n) is 32.7. The Morgan fingerprint density at radius 2 is 0.762 bits per heavy atom. The van der Waals surface area contributed by atoms with Gasteiger partial charge in [-0.3, -0.25) is 29.1 Å². The van der Waals surface area contributed by atoms with Crippen LogP contribution in [0, 0.1) is 0 Å². The van der Waals surface area contributed by atoms with Gasteiger partial charge in [-0.25, -0.2) is 9.97 Å². The number of hydrogen-bond acceptors (Lipinski definition) is 12. The van der Waals surface area contributed by atoms with Crippen molar-refractivity contribution in [1.29, 1.82) is 0 Å². The Balaban J connectivity index is 0.809. The smallest absolute Gasteiger partial charge is 0.280 e. The van der Waals surface area contributed by atoms with Gasteiger partial charge in [-0.2, -0.15) is 9.97 Å². The van der Waals surface area contributed by atoms with Gasteiger partial charge in [0.05, 0.1) is 25.7 Å². The third-order valence-corrected chi connectivity index (χ3v) is 15.6. The minimum atomic E-state index is -0.349. The predicted octanol–water partition coefficient (Wildman–Crippen LogP) is 14.0. The number of H-pyrrole nitrogens is 2. The number of imidazole rings is 2. The molecule has 0 saturated heterocycles. The number of amides is 2. The van der Waals surface area contributed by atoms with E-state index in [4.69, 9.17) is 9.47 Å². The predicted molar refractivity (Wildman–Crippen MR) is 341 cm³/mol. The molecule has 0 fully saturated rings. The second-order valence-electron chi connectivity index (χ2n) is 22.8. The summed E-state index contributed by atoms with van der Waals surface area (Å²) in [6.07, 6.45) is 45.0. The Morgan fingerprint density at radius 3 is 1.10 bits per heavy atom. The van der Waals surface area contributed by atoms with Gasteiger partial charge in [-0.1, -0.05) is 231 Å². The molecule has 18 heteroatoms. The number of aromatic nitrogens is 8. The largest absolute Gasteiger partial charge is 0.492 e. The van der Waals surface area contributed by atoms with E-state index in [0.29, 0.717) is 47.8 Å². The van der Waals surface area contributed by atoms with E-state index in [2.05, 4.69) is 65.0 Å². The molecule has 0 aliphatic rings. The maximum atomic E-state index is 13.0. The summed E-state index contributed by atoms with van der Waals surface area (Å²) in [6.45, 7) is 6.86. The zero-order valence-corrected chi connectivity index (χ0v) is 51.2. The highest BCUT2D eigenvalue weighted by atomic mass is 16.5. The normalized spacial score (nSPS) is 11.4. The van der Waals surface area contributed by atoms with Crippen LogP contribution in [0.5, 0.6) is 11.5 Å². The zero-order valence-electron chi connectivity index (χ0n) is 51.2. The number of rotatable bonds is 49. The molecule has 0 atom stereocenters. The summed E-state index contributed by atoms with van der Waals surface area (Å²) >= 11 is 0. The molecule has 0 unspecified atom stereocenters. The lowest BCUT2D eigenvalue weighted by atomic mass is 10.0. The quantitative estimate of drug-likeness (QED) is 0.0196. The van der Waals surface area contributed by atoms with Crippen LogP contribution in [0.25, 0.3) is 33.5 Å². The van der Waals surface area contributed by atoms with Crippen LogP contribution in [0.3, 0.4) is 0 Å². The zero-order chi connectivity index (χ0) is 59.1. The summed E-state index contributed by atoms with van der Waals surface area (Å²) in [5.41, 5.74) is 2.21. The van der Waals surface area contributed by atoms with Crippen molar-refractivity contribution in [2.75, 3.05) is 50.0 Å². The molecule has 0 aliphatic heterocycles. The third kappa shape index (κ3) is 25.6. The number of carbonyl (C=O) groups excluding carboxylic acids is 2. The second-order valence-corrected chi connectivity index (χ2v) is 22.8. The summed E-state index contributed by atoms with van der Waals surface area (Å²) in [5.74, 6) is 1.52. The van der Waals surface area contributed by atoms with Crippen LogP contribution in [-0.4, -0.2) is 90.2 Å². The molecule has 6 rings (SSSR count). The van der Waals surface area contributed by atoms with Crippen molar-refractivity contribution in [2.45, 2.75) is 232 Å². The fourth-order valence-electron chi connectivity index (χ4n) is 10.7. The van der Waals surface area contributed by atoms with Crippen LogP contribution in [-0.2, 0) is 22.7 Å². The molecule has 18 nitrogen and oxygen atoms in total. The first kappa shape index (κ1) is 66.4. The second kappa shape index (κ2) is 40.5. The van der Waals surface area contributed by atoms with E-state index in [1.54, 1.807) is 9.13 Å². The monoisotopic (exact) mass is 1160 g/mol. The first-order chi connectivity index (χ1) is 41.3. The number of anilines is 2. The Morgan fingerprint density at radius 1 is 0.440 bits per heavy atom. The fraction of sp³-hybridized carbons (Fsp3) is 0.636. The highest BCUT2D eigenvalue weighted by Crippen LogP contribution is 2.27. The van der Waals surface area contributed by atoms with Crippen molar-refractivity contribution in [3.8, 4) is 22.6 Å². The van der Waals surface area contributed by atoms with Gasteiger partial charge in [-0.05, 0) is 48.2 Å². The summed E-state index contributed by atoms with van der Waals surface area (Å²) < 4.78 is 15.2. The Hall–Kier alpha value is -6.72. The number of ether oxygens (including phenoxy) is 2. The van der Waals surface area contributed by atoms with Gasteiger partial charge in [0.2, 0.25) is 23.7 Å². The van der Waals surface area contributed by atoms with Crippen molar-refractivity contribution < 1.29 is 19.1 Å². The molecule has 4 heterocycles. The minimum absolute atomic E-state index is 0.0474.